The summed E-state index contributed by atoms with van der Waals surface area (Å²) in [6, 6.07) is -0.458. The topological polar surface area (TPSA) is 52.3 Å². The molecule has 0 fully saturated rings. The monoisotopic (exact) mass is 213 g/mol. The Kier molecular flexibility index (Phi) is 11.1. The SMILES string of the molecule is CCOC(=O)[C@@H](N)CSCC.Cl. The molecule has 0 bridgehead atoms. The van der Waals surface area contributed by atoms with E-state index in [0.717, 1.165) is 5.75 Å². The summed E-state index contributed by atoms with van der Waals surface area (Å²) in [5.74, 6) is 1.33. The van der Waals surface area contributed by atoms with Crippen molar-refractivity contribution in [1.29, 1.82) is 0 Å². The van der Waals surface area contributed by atoms with Crippen LogP contribution in [0.25, 0.3) is 0 Å². The maximum atomic E-state index is 10.9. The molecule has 0 heterocycles. The Hall–Kier alpha value is 0.0700. The summed E-state index contributed by atoms with van der Waals surface area (Å²) in [4.78, 5) is 10.9. The van der Waals surface area contributed by atoms with E-state index in [2.05, 4.69) is 0 Å². The molecule has 0 radical (unpaired) electrons. The Morgan fingerprint density at radius 2 is 2.17 bits per heavy atom. The third-order valence-corrected chi connectivity index (χ3v) is 2.09. The third-order valence-electron chi connectivity index (χ3n) is 1.09. The van der Waals surface area contributed by atoms with Crippen molar-refractivity contribution in [2.45, 2.75) is 19.9 Å². The van der Waals surface area contributed by atoms with Crippen LogP contribution in [0, 0.1) is 0 Å². The second-order valence-electron chi connectivity index (χ2n) is 2.02. The molecule has 12 heavy (non-hydrogen) atoms. The second-order valence-corrected chi connectivity index (χ2v) is 3.34. The first-order valence-corrected chi connectivity index (χ1v) is 4.87. The minimum Gasteiger partial charge on any atom is -0.465 e. The number of ether oxygens (including phenoxy) is 1. The van der Waals surface area contributed by atoms with Crippen LogP contribution < -0.4 is 5.73 Å². The average molecular weight is 214 g/mol. The highest BCUT2D eigenvalue weighted by molar-refractivity contribution is 7.99. The van der Waals surface area contributed by atoms with E-state index in [0.29, 0.717) is 12.4 Å². The number of carbonyl (C=O) groups is 1. The van der Waals surface area contributed by atoms with Crippen molar-refractivity contribution < 1.29 is 9.53 Å². The summed E-state index contributed by atoms with van der Waals surface area (Å²) in [7, 11) is 0. The van der Waals surface area contributed by atoms with Crippen LogP contribution in [0.2, 0.25) is 0 Å². The maximum absolute atomic E-state index is 10.9. The fourth-order valence-corrected chi connectivity index (χ4v) is 1.19. The minimum absolute atomic E-state index is 0. The van der Waals surface area contributed by atoms with E-state index in [1.807, 2.05) is 6.92 Å². The van der Waals surface area contributed by atoms with Gasteiger partial charge >= 0.3 is 5.97 Å². The highest BCUT2D eigenvalue weighted by atomic mass is 35.5. The first-order valence-electron chi connectivity index (χ1n) is 3.72. The summed E-state index contributed by atoms with van der Waals surface area (Å²) in [5.41, 5.74) is 5.49. The minimum atomic E-state index is -0.458. The van der Waals surface area contributed by atoms with Crippen molar-refractivity contribution in [3.63, 3.8) is 0 Å². The van der Waals surface area contributed by atoms with Gasteiger partial charge in [-0.25, -0.2) is 0 Å². The van der Waals surface area contributed by atoms with Gasteiger partial charge in [0, 0.05) is 5.75 Å². The van der Waals surface area contributed by atoms with Crippen molar-refractivity contribution in [1.82, 2.24) is 0 Å². The maximum Gasteiger partial charge on any atom is 0.323 e. The number of nitrogens with two attached hydrogens (primary N) is 1. The number of esters is 1. The van der Waals surface area contributed by atoms with Crippen molar-refractivity contribution in [2.75, 3.05) is 18.1 Å². The van der Waals surface area contributed by atoms with Gasteiger partial charge in [0.25, 0.3) is 0 Å². The molecule has 0 unspecified atom stereocenters. The number of hydrogen-bond acceptors (Lipinski definition) is 4. The molecule has 0 saturated carbocycles. The van der Waals surface area contributed by atoms with Crippen LogP contribution in [0.15, 0.2) is 0 Å². The molecular formula is C7H16ClNO2S. The molecule has 2 N–H and O–H groups in total. The highest BCUT2D eigenvalue weighted by Crippen LogP contribution is 2.01. The molecule has 0 aromatic carbocycles. The van der Waals surface area contributed by atoms with E-state index in [-0.39, 0.29) is 18.4 Å². The van der Waals surface area contributed by atoms with E-state index >= 15 is 0 Å². The molecule has 1 atom stereocenters. The number of carbonyl (C=O) groups excluding carboxylic acids is 1. The molecule has 5 heteroatoms. The Morgan fingerprint density at radius 1 is 1.58 bits per heavy atom. The van der Waals surface area contributed by atoms with Crippen molar-refractivity contribution in [3.05, 3.63) is 0 Å². The standard InChI is InChI=1S/C7H15NO2S.ClH/c1-3-10-7(9)6(8)5-11-4-2;/h6H,3-5,8H2,1-2H3;1H/t6-;/m0./s1. The lowest BCUT2D eigenvalue weighted by atomic mass is 10.4. The van der Waals surface area contributed by atoms with Gasteiger partial charge in [-0.05, 0) is 12.7 Å². The Labute approximate surface area is 83.8 Å². The van der Waals surface area contributed by atoms with E-state index in [9.17, 15) is 4.79 Å². The van der Waals surface area contributed by atoms with Gasteiger partial charge in [-0.3, -0.25) is 4.79 Å². The molecule has 0 aromatic heterocycles. The summed E-state index contributed by atoms with van der Waals surface area (Å²) < 4.78 is 4.72. The van der Waals surface area contributed by atoms with Crippen molar-refractivity contribution >= 4 is 30.1 Å². The predicted molar refractivity (Wildman–Crippen MR) is 54.9 cm³/mol. The fourth-order valence-electron chi connectivity index (χ4n) is 0.562. The average Bonchev–Trinajstić information content (AvgIpc) is 2.00. The largest absolute Gasteiger partial charge is 0.465 e. The molecule has 0 aromatic rings. The van der Waals surface area contributed by atoms with Gasteiger partial charge in [0.2, 0.25) is 0 Å². The van der Waals surface area contributed by atoms with Gasteiger partial charge in [0.1, 0.15) is 6.04 Å². The normalized spacial score (nSPS) is 11.6. The van der Waals surface area contributed by atoms with Crippen LogP contribution in [-0.4, -0.2) is 30.1 Å². The molecule has 0 saturated heterocycles. The first-order chi connectivity index (χ1) is 5.22. The second kappa shape index (κ2) is 9.16. The number of thioether (sulfide) groups is 1. The lowest BCUT2D eigenvalue weighted by Gasteiger charge is -2.08. The zero-order chi connectivity index (χ0) is 8.69. The Bertz CT molecular complexity index is 124. The predicted octanol–water partition coefficient (Wildman–Crippen LogP) is 1.05. The van der Waals surface area contributed by atoms with E-state index in [1.54, 1.807) is 18.7 Å². The molecule has 3 nitrogen and oxygen atoms in total. The van der Waals surface area contributed by atoms with Gasteiger partial charge in [0.15, 0.2) is 0 Å². The summed E-state index contributed by atoms with van der Waals surface area (Å²) in [6.07, 6.45) is 0. The molecule has 0 aliphatic rings. The van der Waals surface area contributed by atoms with E-state index in [4.69, 9.17) is 10.5 Å². The van der Waals surface area contributed by atoms with Gasteiger partial charge in [-0.2, -0.15) is 11.8 Å². The molecule has 0 rings (SSSR count). The molecule has 0 aliphatic heterocycles. The quantitative estimate of drug-likeness (QED) is 0.694. The zero-order valence-corrected chi connectivity index (χ0v) is 9.04. The summed E-state index contributed by atoms with van der Waals surface area (Å²) in [6.45, 7) is 4.21. The highest BCUT2D eigenvalue weighted by Gasteiger charge is 2.12. The van der Waals surface area contributed by atoms with Crippen LogP contribution in [0.3, 0.4) is 0 Å². The van der Waals surface area contributed by atoms with Crippen LogP contribution in [0.5, 0.6) is 0 Å². The molecule has 0 spiro atoms. The van der Waals surface area contributed by atoms with Crippen molar-refractivity contribution in [3.8, 4) is 0 Å². The Balaban J connectivity index is 0. The van der Waals surface area contributed by atoms with Crippen LogP contribution >= 0.6 is 24.2 Å². The zero-order valence-electron chi connectivity index (χ0n) is 7.41. The van der Waals surface area contributed by atoms with Crippen LogP contribution in [0.4, 0.5) is 0 Å². The number of hydrogen-bond donors (Lipinski definition) is 1. The van der Waals surface area contributed by atoms with Crippen LogP contribution in [-0.2, 0) is 9.53 Å². The van der Waals surface area contributed by atoms with Crippen molar-refractivity contribution in [2.24, 2.45) is 5.73 Å². The Morgan fingerprint density at radius 3 is 2.58 bits per heavy atom. The first kappa shape index (κ1) is 14.6. The summed E-state index contributed by atoms with van der Waals surface area (Å²) in [5, 5.41) is 0. The van der Waals surface area contributed by atoms with Gasteiger partial charge in [0.05, 0.1) is 6.61 Å². The van der Waals surface area contributed by atoms with E-state index in [1.165, 1.54) is 0 Å². The third kappa shape index (κ3) is 6.76. The van der Waals surface area contributed by atoms with Gasteiger partial charge < -0.3 is 10.5 Å². The number of rotatable bonds is 5. The summed E-state index contributed by atoms with van der Waals surface area (Å²) >= 11 is 1.64. The van der Waals surface area contributed by atoms with Gasteiger partial charge in [-0.1, -0.05) is 6.92 Å². The lowest BCUT2D eigenvalue weighted by Crippen LogP contribution is -2.34. The van der Waals surface area contributed by atoms with E-state index < -0.39 is 6.04 Å². The number of halogens is 1. The molecule has 74 valence electrons. The smallest absolute Gasteiger partial charge is 0.323 e. The van der Waals surface area contributed by atoms with Crippen LogP contribution in [0.1, 0.15) is 13.8 Å². The molecule has 0 aliphatic carbocycles. The molecule has 0 amide bonds. The molecular weight excluding hydrogens is 198 g/mol. The lowest BCUT2D eigenvalue weighted by molar-refractivity contribution is -0.144. The fraction of sp³-hybridized carbons (Fsp3) is 0.857. The van der Waals surface area contributed by atoms with Gasteiger partial charge in [-0.15, -0.1) is 12.4 Å².